The third-order valence-electron chi connectivity index (χ3n) is 1.85. The second-order valence-electron chi connectivity index (χ2n) is 3.03. The number of rotatable bonds is 4. The largest absolute Gasteiger partial charge is 0.480 e. The first kappa shape index (κ1) is 12.6. The van der Waals surface area contributed by atoms with Gasteiger partial charge in [-0.05, 0) is 0 Å². The smallest absolute Gasteiger partial charge is 0.328 e. The van der Waals surface area contributed by atoms with Crippen molar-refractivity contribution in [2.75, 3.05) is 6.61 Å². The van der Waals surface area contributed by atoms with Gasteiger partial charge in [0.1, 0.15) is 5.56 Å². The summed E-state index contributed by atoms with van der Waals surface area (Å²) in [6, 6.07) is -1.52. The molecule has 1 aromatic heterocycles. The highest BCUT2D eigenvalue weighted by Gasteiger charge is 2.21. The van der Waals surface area contributed by atoms with Gasteiger partial charge in [0.25, 0.3) is 11.5 Å². The summed E-state index contributed by atoms with van der Waals surface area (Å²) in [7, 11) is 0. The lowest BCUT2D eigenvalue weighted by Gasteiger charge is -2.10. The van der Waals surface area contributed by atoms with Gasteiger partial charge in [0.2, 0.25) is 0 Å². The van der Waals surface area contributed by atoms with Crippen molar-refractivity contribution in [3.8, 4) is 0 Å². The lowest BCUT2D eigenvalue weighted by atomic mass is 10.2. The summed E-state index contributed by atoms with van der Waals surface area (Å²) < 4.78 is 0. The number of hydrogen-bond donors (Lipinski definition) is 5. The number of aromatic nitrogens is 2. The summed E-state index contributed by atoms with van der Waals surface area (Å²) in [4.78, 5) is 47.7. The number of carbonyl (C=O) groups excluding carboxylic acids is 1. The minimum Gasteiger partial charge on any atom is -0.480 e. The molecule has 1 amide bonds. The first-order chi connectivity index (χ1) is 7.95. The Kier molecular flexibility index (Phi) is 3.78. The number of nitrogens with one attached hydrogen (secondary N) is 3. The molecule has 5 N–H and O–H groups in total. The van der Waals surface area contributed by atoms with E-state index in [1.54, 1.807) is 4.98 Å². The Labute approximate surface area is 93.1 Å². The van der Waals surface area contributed by atoms with Crippen molar-refractivity contribution in [3.05, 3.63) is 32.6 Å². The summed E-state index contributed by atoms with van der Waals surface area (Å²) in [6.45, 7) is -0.817. The minimum atomic E-state index is -1.52. The maximum Gasteiger partial charge on any atom is 0.328 e. The van der Waals surface area contributed by atoms with Crippen LogP contribution in [0.2, 0.25) is 0 Å². The van der Waals surface area contributed by atoms with Crippen molar-refractivity contribution in [2.45, 2.75) is 6.04 Å². The molecule has 0 spiro atoms. The van der Waals surface area contributed by atoms with E-state index >= 15 is 0 Å². The van der Waals surface area contributed by atoms with Crippen LogP contribution in [-0.4, -0.2) is 44.7 Å². The highest BCUT2D eigenvalue weighted by atomic mass is 16.4. The zero-order chi connectivity index (χ0) is 13.0. The SMILES string of the molecule is O=C(N[C@@H](CO)C(=O)O)c1c[nH]c(=O)[nH]c1=O. The Bertz CT molecular complexity index is 545. The van der Waals surface area contributed by atoms with E-state index in [1.807, 2.05) is 5.32 Å². The lowest BCUT2D eigenvalue weighted by Crippen LogP contribution is -2.45. The van der Waals surface area contributed by atoms with E-state index in [-0.39, 0.29) is 0 Å². The van der Waals surface area contributed by atoms with Crippen LogP contribution in [0.4, 0.5) is 0 Å². The molecule has 9 nitrogen and oxygen atoms in total. The minimum absolute atomic E-state index is 0.454. The van der Waals surface area contributed by atoms with Crippen molar-refractivity contribution < 1.29 is 19.8 Å². The van der Waals surface area contributed by atoms with Gasteiger partial charge in [-0.2, -0.15) is 0 Å². The number of amides is 1. The van der Waals surface area contributed by atoms with Gasteiger partial charge in [-0.25, -0.2) is 9.59 Å². The molecule has 0 aliphatic carbocycles. The Morgan fingerprint density at radius 1 is 1.41 bits per heavy atom. The third kappa shape index (κ3) is 3.01. The number of aliphatic carboxylic acids is 1. The van der Waals surface area contributed by atoms with Crippen LogP contribution < -0.4 is 16.6 Å². The van der Waals surface area contributed by atoms with Crippen LogP contribution in [0, 0.1) is 0 Å². The van der Waals surface area contributed by atoms with E-state index < -0.39 is 41.3 Å². The molecule has 0 aliphatic rings. The zero-order valence-electron chi connectivity index (χ0n) is 8.39. The second kappa shape index (κ2) is 5.07. The van der Waals surface area contributed by atoms with Gasteiger partial charge in [0.05, 0.1) is 6.61 Å². The normalized spacial score (nSPS) is 11.8. The summed E-state index contributed by atoms with van der Waals surface area (Å²) in [5, 5.41) is 19.1. The van der Waals surface area contributed by atoms with Gasteiger partial charge in [-0.1, -0.05) is 0 Å². The standard InChI is InChI=1S/C8H9N3O6/c12-2-4(7(15)16)10-5(13)3-1-9-8(17)11-6(3)14/h1,4,12H,2H2,(H,10,13)(H,15,16)(H2,9,11,14,17)/t4-/m0/s1. The number of carboxylic acids is 1. The van der Waals surface area contributed by atoms with E-state index in [1.165, 1.54) is 0 Å². The van der Waals surface area contributed by atoms with E-state index in [0.717, 1.165) is 6.20 Å². The maximum atomic E-state index is 11.4. The van der Waals surface area contributed by atoms with Crippen molar-refractivity contribution in [3.63, 3.8) is 0 Å². The van der Waals surface area contributed by atoms with Crippen LogP contribution in [0.1, 0.15) is 10.4 Å². The number of aliphatic hydroxyl groups excluding tert-OH is 1. The first-order valence-corrected chi connectivity index (χ1v) is 4.42. The summed E-state index contributed by atoms with van der Waals surface area (Å²) >= 11 is 0. The fourth-order valence-electron chi connectivity index (χ4n) is 1.000. The molecular formula is C8H9N3O6. The monoisotopic (exact) mass is 243 g/mol. The highest BCUT2D eigenvalue weighted by molar-refractivity contribution is 5.95. The molecule has 92 valence electrons. The second-order valence-corrected chi connectivity index (χ2v) is 3.03. The van der Waals surface area contributed by atoms with Gasteiger partial charge in [-0.3, -0.25) is 14.6 Å². The Balaban J connectivity index is 2.94. The van der Waals surface area contributed by atoms with Gasteiger partial charge in [0, 0.05) is 6.20 Å². The molecule has 0 radical (unpaired) electrons. The van der Waals surface area contributed by atoms with E-state index in [2.05, 4.69) is 4.98 Å². The molecular weight excluding hydrogens is 234 g/mol. The molecule has 0 unspecified atom stereocenters. The van der Waals surface area contributed by atoms with Gasteiger partial charge >= 0.3 is 11.7 Å². The Hall–Kier alpha value is -2.42. The predicted molar refractivity (Wildman–Crippen MR) is 53.7 cm³/mol. The topological polar surface area (TPSA) is 152 Å². The van der Waals surface area contributed by atoms with Crippen molar-refractivity contribution >= 4 is 11.9 Å². The molecule has 1 rings (SSSR count). The molecule has 0 aliphatic heterocycles. The highest BCUT2D eigenvalue weighted by Crippen LogP contribution is 1.89. The van der Waals surface area contributed by atoms with Crippen LogP contribution in [-0.2, 0) is 4.79 Å². The molecule has 0 saturated heterocycles. The molecule has 9 heteroatoms. The van der Waals surface area contributed by atoms with Crippen LogP contribution in [0.5, 0.6) is 0 Å². The quantitative estimate of drug-likeness (QED) is 0.386. The molecule has 0 aromatic carbocycles. The number of carboxylic acid groups (broad SMARTS) is 1. The van der Waals surface area contributed by atoms with Crippen LogP contribution in [0.3, 0.4) is 0 Å². The van der Waals surface area contributed by atoms with Crippen LogP contribution in [0.15, 0.2) is 15.8 Å². The molecule has 17 heavy (non-hydrogen) atoms. The fourth-order valence-corrected chi connectivity index (χ4v) is 1.000. The molecule has 0 saturated carbocycles. The number of aromatic amines is 2. The molecule has 1 atom stereocenters. The number of H-pyrrole nitrogens is 2. The summed E-state index contributed by atoms with van der Waals surface area (Å²) in [5.41, 5.74) is -2.19. The average Bonchev–Trinajstić information content (AvgIpc) is 2.24. The average molecular weight is 243 g/mol. The number of aliphatic hydroxyl groups is 1. The van der Waals surface area contributed by atoms with Gasteiger partial charge < -0.3 is 20.5 Å². The third-order valence-corrected chi connectivity index (χ3v) is 1.85. The van der Waals surface area contributed by atoms with Gasteiger partial charge in [-0.15, -0.1) is 0 Å². The van der Waals surface area contributed by atoms with Gasteiger partial charge in [0.15, 0.2) is 6.04 Å². The molecule has 0 fully saturated rings. The van der Waals surface area contributed by atoms with E-state index in [9.17, 15) is 19.2 Å². The first-order valence-electron chi connectivity index (χ1n) is 4.42. The summed E-state index contributed by atoms with van der Waals surface area (Å²) in [6.07, 6.45) is 0.854. The number of carbonyl (C=O) groups is 2. The van der Waals surface area contributed by atoms with E-state index in [0.29, 0.717) is 0 Å². The maximum absolute atomic E-state index is 11.4. The number of hydrogen-bond acceptors (Lipinski definition) is 5. The van der Waals surface area contributed by atoms with Crippen LogP contribution in [0.25, 0.3) is 0 Å². The van der Waals surface area contributed by atoms with Crippen molar-refractivity contribution in [1.29, 1.82) is 0 Å². The van der Waals surface area contributed by atoms with Crippen LogP contribution >= 0.6 is 0 Å². The molecule has 0 bridgehead atoms. The Morgan fingerprint density at radius 3 is 2.53 bits per heavy atom. The molecule has 1 aromatic rings. The van der Waals surface area contributed by atoms with Crippen molar-refractivity contribution in [2.24, 2.45) is 0 Å². The zero-order valence-corrected chi connectivity index (χ0v) is 8.39. The summed E-state index contributed by atoms with van der Waals surface area (Å²) in [5.74, 6) is -2.45. The lowest BCUT2D eigenvalue weighted by molar-refractivity contribution is -0.140. The predicted octanol–water partition coefficient (Wildman–Crippen LogP) is -2.76. The molecule has 1 heterocycles. The van der Waals surface area contributed by atoms with E-state index in [4.69, 9.17) is 10.2 Å². The Morgan fingerprint density at radius 2 is 2.06 bits per heavy atom. The van der Waals surface area contributed by atoms with Crippen molar-refractivity contribution in [1.82, 2.24) is 15.3 Å². The fraction of sp³-hybridized carbons (Fsp3) is 0.250.